The molecule has 1 aliphatic carbocycles. The average molecular weight is 256 g/mol. The van der Waals surface area contributed by atoms with E-state index in [0.717, 1.165) is 18.2 Å². The fraction of sp³-hybridized carbons (Fsp3) is 0.438. The Kier molecular flexibility index (Phi) is 3.94. The van der Waals surface area contributed by atoms with Gasteiger partial charge in [0, 0.05) is 12.1 Å². The zero-order chi connectivity index (χ0) is 12.9. The van der Waals surface area contributed by atoms with Crippen molar-refractivity contribution in [1.82, 2.24) is 10.5 Å². The van der Waals surface area contributed by atoms with Crippen LogP contribution in [0.2, 0.25) is 0 Å². The second-order valence-corrected chi connectivity index (χ2v) is 5.32. The maximum absolute atomic E-state index is 5.10. The van der Waals surface area contributed by atoms with Crippen molar-refractivity contribution in [2.24, 2.45) is 0 Å². The normalized spacial score (nSPS) is 23.4. The quantitative estimate of drug-likeness (QED) is 0.910. The topological polar surface area (TPSA) is 38.1 Å². The molecule has 0 bridgehead atoms. The Labute approximate surface area is 114 Å². The lowest BCUT2D eigenvalue weighted by Crippen LogP contribution is -2.32. The first-order valence-electron chi connectivity index (χ1n) is 7.10. The van der Waals surface area contributed by atoms with E-state index >= 15 is 0 Å². The molecule has 3 rings (SSSR count). The Morgan fingerprint density at radius 1 is 1.05 bits per heavy atom. The van der Waals surface area contributed by atoms with Gasteiger partial charge in [-0.3, -0.25) is 0 Å². The van der Waals surface area contributed by atoms with Crippen molar-refractivity contribution in [2.75, 3.05) is 0 Å². The number of nitrogens with one attached hydrogen (secondary N) is 1. The molecule has 1 aromatic heterocycles. The minimum Gasteiger partial charge on any atom is -0.360 e. The summed E-state index contributed by atoms with van der Waals surface area (Å²) >= 11 is 0. The van der Waals surface area contributed by atoms with Gasteiger partial charge in [-0.05, 0) is 37.2 Å². The van der Waals surface area contributed by atoms with Gasteiger partial charge < -0.3 is 9.84 Å². The van der Waals surface area contributed by atoms with Crippen molar-refractivity contribution in [1.29, 1.82) is 0 Å². The third-order valence-electron chi connectivity index (χ3n) is 4.05. The molecule has 0 radical (unpaired) electrons. The highest BCUT2D eigenvalue weighted by molar-refractivity contribution is 5.20. The standard InChI is InChI=1S/C16H20N2O/c1-2-4-13(5-3-1)14-6-8-15(9-7-14)17-12-16-10-11-18-19-16/h1-5,10-11,14-15,17H,6-9,12H2. The SMILES string of the molecule is c1ccc(C2CCC(NCc3ccno3)CC2)cc1. The molecule has 1 aliphatic rings. The van der Waals surface area contributed by atoms with Crippen molar-refractivity contribution >= 4 is 0 Å². The minimum atomic E-state index is 0.616. The molecule has 0 atom stereocenters. The lowest BCUT2D eigenvalue weighted by Gasteiger charge is -2.29. The number of hydrogen-bond donors (Lipinski definition) is 1. The Balaban J connectivity index is 1.47. The van der Waals surface area contributed by atoms with E-state index in [1.807, 2.05) is 6.07 Å². The van der Waals surface area contributed by atoms with Crippen molar-refractivity contribution in [3.8, 4) is 0 Å². The number of aromatic nitrogens is 1. The van der Waals surface area contributed by atoms with Gasteiger partial charge in [0.2, 0.25) is 0 Å². The summed E-state index contributed by atoms with van der Waals surface area (Å²) in [5, 5.41) is 7.28. The first kappa shape index (κ1) is 12.4. The van der Waals surface area contributed by atoms with Gasteiger partial charge in [-0.1, -0.05) is 35.5 Å². The molecule has 0 amide bonds. The Morgan fingerprint density at radius 3 is 2.53 bits per heavy atom. The predicted octanol–water partition coefficient (Wildman–Crippen LogP) is 3.49. The van der Waals surface area contributed by atoms with Crippen molar-refractivity contribution < 1.29 is 4.52 Å². The molecule has 1 saturated carbocycles. The Hall–Kier alpha value is -1.61. The van der Waals surface area contributed by atoms with Gasteiger partial charge in [-0.2, -0.15) is 0 Å². The molecule has 100 valence electrons. The summed E-state index contributed by atoms with van der Waals surface area (Å²) in [6.07, 6.45) is 6.74. The van der Waals surface area contributed by atoms with Crippen LogP contribution in [0.5, 0.6) is 0 Å². The van der Waals surface area contributed by atoms with Gasteiger partial charge in [0.25, 0.3) is 0 Å². The second kappa shape index (κ2) is 6.02. The summed E-state index contributed by atoms with van der Waals surface area (Å²) < 4.78 is 5.10. The number of rotatable bonds is 4. The highest BCUT2D eigenvalue weighted by Gasteiger charge is 2.21. The van der Waals surface area contributed by atoms with E-state index in [0.29, 0.717) is 6.04 Å². The van der Waals surface area contributed by atoms with Crippen LogP contribution in [0.1, 0.15) is 42.9 Å². The van der Waals surface area contributed by atoms with E-state index in [1.54, 1.807) is 6.20 Å². The summed E-state index contributed by atoms with van der Waals surface area (Å²) in [6.45, 7) is 0.792. The Bertz CT molecular complexity index is 473. The van der Waals surface area contributed by atoms with Crippen LogP contribution < -0.4 is 5.32 Å². The van der Waals surface area contributed by atoms with E-state index in [4.69, 9.17) is 4.52 Å². The summed E-state index contributed by atoms with van der Waals surface area (Å²) in [5.41, 5.74) is 1.50. The third-order valence-corrected chi connectivity index (χ3v) is 4.05. The molecule has 1 heterocycles. The maximum atomic E-state index is 5.10. The fourth-order valence-corrected chi connectivity index (χ4v) is 2.93. The van der Waals surface area contributed by atoms with Crippen LogP contribution in [0.15, 0.2) is 47.1 Å². The summed E-state index contributed by atoms with van der Waals surface area (Å²) in [7, 11) is 0. The van der Waals surface area contributed by atoms with E-state index in [1.165, 1.54) is 31.2 Å². The summed E-state index contributed by atoms with van der Waals surface area (Å²) in [4.78, 5) is 0. The molecule has 1 fully saturated rings. The van der Waals surface area contributed by atoms with E-state index in [-0.39, 0.29) is 0 Å². The largest absolute Gasteiger partial charge is 0.360 e. The van der Waals surface area contributed by atoms with Gasteiger partial charge in [0.05, 0.1) is 12.7 Å². The maximum Gasteiger partial charge on any atom is 0.150 e. The van der Waals surface area contributed by atoms with E-state index in [9.17, 15) is 0 Å². The molecule has 3 nitrogen and oxygen atoms in total. The molecule has 0 spiro atoms. The minimum absolute atomic E-state index is 0.616. The lowest BCUT2D eigenvalue weighted by molar-refractivity contribution is 0.316. The van der Waals surface area contributed by atoms with Crippen molar-refractivity contribution in [3.05, 3.63) is 53.9 Å². The van der Waals surface area contributed by atoms with Crippen molar-refractivity contribution in [2.45, 2.75) is 44.2 Å². The van der Waals surface area contributed by atoms with Gasteiger partial charge in [0.1, 0.15) is 5.76 Å². The zero-order valence-corrected chi connectivity index (χ0v) is 11.1. The third kappa shape index (κ3) is 3.24. The van der Waals surface area contributed by atoms with Crippen molar-refractivity contribution in [3.63, 3.8) is 0 Å². The highest BCUT2D eigenvalue weighted by atomic mass is 16.5. The molecule has 0 aliphatic heterocycles. The zero-order valence-electron chi connectivity index (χ0n) is 11.1. The second-order valence-electron chi connectivity index (χ2n) is 5.32. The summed E-state index contributed by atoms with van der Waals surface area (Å²) in [6, 6.07) is 13.4. The molecule has 1 aromatic carbocycles. The first-order chi connectivity index (χ1) is 9.42. The van der Waals surface area contributed by atoms with Gasteiger partial charge in [-0.25, -0.2) is 0 Å². The molecule has 2 aromatic rings. The monoisotopic (exact) mass is 256 g/mol. The van der Waals surface area contributed by atoms with Crippen LogP contribution in [-0.2, 0) is 6.54 Å². The van der Waals surface area contributed by atoms with Gasteiger partial charge >= 0.3 is 0 Å². The summed E-state index contributed by atoms with van der Waals surface area (Å²) in [5.74, 6) is 1.66. The number of hydrogen-bond acceptors (Lipinski definition) is 3. The highest BCUT2D eigenvalue weighted by Crippen LogP contribution is 2.32. The predicted molar refractivity (Wildman–Crippen MR) is 74.8 cm³/mol. The average Bonchev–Trinajstić information content (AvgIpc) is 3.00. The van der Waals surface area contributed by atoms with Gasteiger partial charge in [-0.15, -0.1) is 0 Å². The molecule has 0 saturated heterocycles. The number of nitrogens with zero attached hydrogens (tertiary/aromatic N) is 1. The first-order valence-corrected chi connectivity index (χ1v) is 7.10. The van der Waals surface area contributed by atoms with Crippen LogP contribution in [0, 0.1) is 0 Å². The van der Waals surface area contributed by atoms with Crippen LogP contribution in [0.25, 0.3) is 0 Å². The number of benzene rings is 1. The fourth-order valence-electron chi connectivity index (χ4n) is 2.93. The van der Waals surface area contributed by atoms with E-state index in [2.05, 4.69) is 40.8 Å². The van der Waals surface area contributed by atoms with Crippen LogP contribution in [0.4, 0.5) is 0 Å². The van der Waals surface area contributed by atoms with Crippen LogP contribution in [-0.4, -0.2) is 11.2 Å². The van der Waals surface area contributed by atoms with Gasteiger partial charge in [0.15, 0.2) is 0 Å². The molecule has 0 unspecified atom stereocenters. The molecule has 1 N–H and O–H groups in total. The molecule has 19 heavy (non-hydrogen) atoms. The smallest absolute Gasteiger partial charge is 0.150 e. The van der Waals surface area contributed by atoms with Crippen LogP contribution in [0.3, 0.4) is 0 Å². The molecular formula is C16H20N2O. The Morgan fingerprint density at radius 2 is 1.84 bits per heavy atom. The lowest BCUT2D eigenvalue weighted by atomic mass is 9.82. The molecular weight excluding hydrogens is 236 g/mol. The molecule has 3 heteroatoms. The van der Waals surface area contributed by atoms with Crippen LogP contribution >= 0.6 is 0 Å². The van der Waals surface area contributed by atoms with E-state index < -0.39 is 0 Å².